The summed E-state index contributed by atoms with van der Waals surface area (Å²) >= 11 is 0. The van der Waals surface area contributed by atoms with Gasteiger partial charge in [-0.1, -0.05) is 17.3 Å². The van der Waals surface area contributed by atoms with E-state index in [-0.39, 0.29) is 24.3 Å². The highest BCUT2D eigenvalue weighted by molar-refractivity contribution is 5.85. The molecular formula is C14H17ClFN3O. The fraction of sp³-hybridized carbons (Fsp3) is 0.357. The van der Waals surface area contributed by atoms with Gasteiger partial charge < -0.3 is 9.84 Å². The summed E-state index contributed by atoms with van der Waals surface area (Å²) in [6.45, 7) is 3.39. The van der Waals surface area contributed by atoms with Crippen LogP contribution in [-0.4, -0.2) is 29.7 Å². The first-order chi connectivity index (χ1) is 9.33. The van der Waals surface area contributed by atoms with Crippen molar-refractivity contribution in [2.24, 2.45) is 0 Å². The van der Waals surface area contributed by atoms with Gasteiger partial charge in [0, 0.05) is 38.3 Å². The van der Waals surface area contributed by atoms with E-state index in [1.807, 2.05) is 12.1 Å². The normalized spacial score (nSPS) is 19.6. The van der Waals surface area contributed by atoms with Gasteiger partial charge in [-0.15, -0.1) is 12.4 Å². The summed E-state index contributed by atoms with van der Waals surface area (Å²) in [5, 5.41) is 7.30. The van der Waals surface area contributed by atoms with Crippen molar-refractivity contribution in [3.8, 4) is 0 Å². The number of hydrogen-bond donors (Lipinski definition) is 1. The number of piperazine rings is 1. The Morgan fingerprint density at radius 2 is 2.30 bits per heavy atom. The van der Waals surface area contributed by atoms with Crippen LogP contribution in [-0.2, 0) is 6.54 Å². The Labute approximate surface area is 123 Å². The summed E-state index contributed by atoms with van der Waals surface area (Å²) in [6, 6.07) is 8.84. The molecule has 1 aromatic carbocycles. The van der Waals surface area contributed by atoms with Gasteiger partial charge in [0.15, 0.2) is 0 Å². The fourth-order valence-electron chi connectivity index (χ4n) is 2.51. The van der Waals surface area contributed by atoms with Crippen LogP contribution in [0.4, 0.5) is 4.39 Å². The molecular weight excluding hydrogens is 281 g/mol. The molecule has 0 radical (unpaired) electrons. The zero-order valence-electron chi connectivity index (χ0n) is 11.0. The van der Waals surface area contributed by atoms with Gasteiger partial charge in [-0.2, -0.15) is 0 Å². The predicted molar refractivity (Wildman–Crippen MR) is 76.2 cm³/mol. The molecule has 1 aliphatic heterocycles. The molecule has 0 amide bonds. The first kappa shape index (κ1) is 15.0. The summed E-state index contributed by atoms with van der Waals surface area (Å²) < 4.78 is 18.2. The SMILES string of the molecule is Cl.Fc1cccc(C2CNCCN2Cc2ccon2)c1. The van der Waals surface area contributed by atoms with Crippen LogP contribution < -0.4 is 5.32 Å². The van der Waals surface area contributed by atoms with E-state index in [1.165, 1.54) is 6.07 Å². The van der Waals surface area contributed by atoms with E-state index in [4.69, 9.17) is 4.52 Å². The third-order valence-electron chi connectivity index (χ3n) is 3.44. The van der Waals surface area contributed by atoms with Crippen LogP contribution in [0.2, 0.25) is 0 Å². The Bertz CT molecular complexity index is 535. The zero-order valence-corrected chi connectivity index (χ0v) is 11.8. The van der Waals surface area contributed by atoms with E-state index >= 15 is 0 Å². The number of nitrogens with one attached hydrogen (secondary N) is 1. The summed E-state index contributed by atoms with van der Waals surface area (Å²) in [6.07, 6.45) is 1.58. The maximum absolute atomic E-state index is 13.4. The maximum atomic E-state index is 13.4. The smallest absolute Gasteiger partial charge is 0.124 e. The molecule has 0 saturated carbocycles. The van der Waals surface area contributed by atoms with Gasteiger partial charge in [-0.3, -0.25) is 4.90 Å². The Balaban J connectivity index is 0.00000147. The maximum Gasteiger partial charge on any atom is 0.124 e. The van der Waals surface area contributed by atoms with Crippen molar-refractivity contribution in [2.75, 3.05) is 19.6 Å². The van der Waals surface area contributed by atoms with Crippen molar-refractivity contribution >= 4 is 12.4 Å². The number of halogens is 2. The van der Waals surface area contributed by atoms with Crippen molar-refractivity contribution in [3.05, 3.63) is 53.7 Å². The number of hydrogen-bond acceptors (Lipinski definition) is 4. The predicted octanol–water partition coefficient (Wildman–Crippen LogP) is 2.38. The minimum Gasteiger partial charge on any atom is -0.364 e. The van der Waals surface area contributed by atoms with Crippen molar-refractivity contribution in [2.45, 2.75) is 12.6 Å². The highest BCUT2D eigenvalue weighted by Gasteiger charge is 2.24. The molecule has 2 heterocycles. The lowest BCUT2D eigenvalue weighted by Crippen LogP contribution is -2.45. The molecule has 1 aliphatic rings. The molecule has 1 aromatic heterocycles. The summed E-state index contributed by atoms with van der Waals surface area (Å²) in [5.74, 6) is -0.190. The first-order valence-corrected chi connectivity index (χ1v) is 6.42. The highest BCUT2D eigenvalue weighted by atomic mass is 35.5. The molecule has 0 bridgehead atoms. The molecule has 3 rings (SSSR count). The first-order valence-electron chi connectivity index (χ1n) is 6.42. The third-order valence-corrected chi connectivity index (χ3v) is 3.44. The van der Waals surface area contributed by atoms with Crippen LogP contribution >= 0.6 is 12.4 Å². The van der Waals surface area contributed by atoms with Crippen LogP contribution in [0.5, 0.6) is 0 Å². The van der Waals surface area contributed by atoms with Crippen LogP contribution in [0, 0.1) is 5.82 Å². The fourth-order valence-corrected chi connectivity index (χ4v) is 2.51. The minimum atomic E-state index is -0.190. The van der Waals surface area contributed by atoms with Crippen molar-refractivity contribution in [1.82, 2.24) is 15.4 Å². The Hall–Kier alpha value is -1.43. The Kier molecular flexibility index (Phi) is 5.11. The number of aromatic nitrogens is 1. The van der Waals surface area contributed by atoms with Gasteiger partial charge in [-0.25, -0.2) is 4.39 Å². The Morgan fingerprint density at radius 1 is 1.40 bits per heavy atom. The molecule has 1 fully saturated rings. The summed E-state index contributed by atoms with van der Waals surface area (Å²) in [4.78, 5) is 2.29. The quantitative estimate of drug-likeness (QED) is 0.944. The zero-order chi connectivity index (χ0) is 13.1. The van der Waals surface area contributed by atoms with E-state index in [0.717, 1.165) is 37.4 Å². The van der Waals surface area contributed by atoms with Crippen molar-refractivity contribution in [3.63, 3.8) is 0 Å². The Morgan fingerprint density at radius 3 is 3.05 bits per heavy atom. The topological polar surface area (TPSA) is 41.3 Å². The monoisotopic (exact) mass is 297 g/mol. The summed E-state index contributed by atoms with van der Waals surface area (Å²) in [5.41, 5.74) is 1.90. The van der Waals surface area contributed by atoms with Gasteiger partial charge in [0.05, 0.1) is 5.69 Å². The largest absolute Gasteiger partial charge is 0.364 e. The van der Waals surface area contributed by atoms with Crippen LogP contribution in [0.25, 0.3) is 0 Å². The second kappa shape index (κ2) is 6.83. The number of benzene rings is 1. The molecule has 1 N–H and O–H groups in total. The molecule has 2 aromatic rings. The molecule has 0 spiro atoms. The van der Waals surface area contributed by atoms with Crippen LogP contribution in [0.3, 0.4) is 0 Å². The lowest BCUT2D eigenvalue weighted by atomic mass is 10.0. The van der Waals surface area contributed by atoms with E-state index in [0.29, 0.717) is 0 Å². The molecule has 4 nitrogen and oxygen atoms in total. The lowest BCUT2D eigenvalue weighted by molar-refractivity contribution is 0.149. The van der Waals surface area contributed by atoms with Crippen LogP contribution in [0.15, 0.2) is 41.1 Å². The number of nitrogens with zero attached hydrogens (tertiary/aromatic N) is 2. The van der Waals surface area contributed by atoms with Gasteiger partial charge in [0.2, 0.25) is 0 Å². The minimum absolute atomic E-state index is 0. The van der Waals surface area contributed by atoms with Gasteiger partial charge in [0.25, 0.3) is 0 Å². The second-order valence-corrected chi connectivity index (χ2v) is 4.74. The van der Waals surface area contributed by atoms with Crippen molar-refractivity contribution in [1.29, 1.82) is 0 Å². The molecule has 1 unspecified atom stereocenters. The summed E-state index contributed by atoms with van der Waals surface area (Å²) in [7, 11) is 0. The van der Waals surface area contributed by atoms with E-state index < -0.39 is 0 Å². The molecule has 6 heteroatoms. The standard InChI is InChI=1S/C14H16FN3O.ClH/c15-12-3-1-2-11(8-12)14-9-16-5-6-18(14)10-13-4-7-19-17-13;/h1-4,7-8,14,16H,5-6,9-10H2;1H. The van der Waals surface area contributed by atoms with E-state index in [2.05, 4.69) is 15.4 Å². The average molecular weight is 298 g/mol. The van der Waals surface area contributed by atoms with Gasteiger partial charge >= 0.3 is 0 Å². The molecule has 1 saturated heterocycles. The molecule has 0 aliphatic carbocycles. The lowest BCUT2D eigenvalue weighted by Gasteiger charge is -2.36. The van der Waals surface area contributed by atoms with Gasteiger partial charge in [-0.05, 0) is 17.7 Å². The highest BCUT2D eigenvalue weighted by Crippen LogP contribution is 2.24. The molecule has 108 valence electrons. The van der Waals surface area contributed by atoms with Crippen molar-refractivity contribution < 1.29 is 8.91 Å². The molecule has 1 atom stereocenters. The van der Waals surface area contributed by atoms with Crippen LogP contribution in [0.1, 0.15) is 17.3 Å². The average Bonchev–Trinajstić information content (AvgIpc) is 2.92. The molecule has 20 heavy (non-hydrogen) atoms. The van der Waals surface area contributed by atoms with E-state index in [9.17, 15) is 4.39 Å². The van der Waals surface area contributed by atoms with Gasteiger partial charge in [0.1, 0.15) is 12.1 Å². The second-order valence-electron chi connectivity index (χ2n) is 4.74. The third kappa shape index (κ3) is 3.36. The van der Waals surface area contributed by atoms with E-state index in [1.54, 1.807) is 18.4 Å². The number of rotatable bonds is 3.